The van der Waals surface area contributed by atoms with Gasteiger partial charge in [-0.3, -0.25) is 4.90 Å². The first kappa shape index (κ1) is 18.7. The molecular formula is C18H22N5O4. The van der Waals surface area contributed by atoms with Crippen molar-refractivity contribution in [3.05, 3.63) is 18.3 Å². The average Bonchev–Trinajstić information content (AvgIpc) is 2.99. The van der Waals surface area contributed by atoms with E-state index in [0.29, 0.717) is 47.7 Å². The van der Waals surface area contributed by atoms with Gasteiger partial charge < -0.3 is 19.1 Å². The quantitative estimate of drug-likeness (QED) is 0.733. The lowest BCUT2D eigenvalue weighted by atomic mass is 10.1. The van der Waals surface area contributed by atoms with Crippen LogP contribution in [0.15, 0.2) is 18.3 Å². The topological polar surface area (TPSA) is 91.1 Å². The van der Waals surface area contributed by atoms with Gasteiger partial charge in [-0.05, 0) is 26.2 Å². The number of amides is 2. The second kappa shape index (κ2) is 7.67. The van der Waals surface area contributed by atoms with Crippen LogP contribution in [0.3, 0.4) is 0 Å². The van der Waals surface area contributed by atoms with Gasteiger partial charge in [0.15, 0.2) is 17.3 Å². The molecule has 1 aromatic heterocycles. The molecule has 2 amide bonds. The third-order valence-electron chi connectivity index (χ3n) is 4.15. The predicted octanol–water partition coefficient (Wildman–Crippen LogP) is 1.91. The van der Waals surface area contributed by atoms with Crippen LogP contribution in [0.1, 0.15) is 0 Å². The fraction of sp³-hybridized carbons (Fsp3) is 0.389. The molecule has 2 aromatic rings. The van der Waals surface area contributed by atoms with Crippen molar-refractivity contribution < 1.29 is 19.0 Å². The van der Waals surface area contributed by atoms with E-state index in [9.17, 15) is 4.79 Å². The Hall–Kier alpha value is -3.07. The number of urea groups is 1. The molecule has 0 fully saturated rings. The lowest BCUT2D eigenvalue weighted by Crippen LogP contribution is -2.35. The van der Waals surface area contributed by atoms with Gasteiger partial charge >= 0.3 is 6.03 Å². The summed E-state index contributed by atoms with van der Waals surface area (Å²) in [5, 5.41) is 3.97. The molecule has 2 heterocycles. The van der Waals surface area contributed by atoms with E-state index in [2.05, 4.69) is 15.3 Å². The third kappa shape index (κ3) is 3.59. The third-order valence-corrected chi connectivity index (χ3v) is 4.15. The Morgan fingerprint density at radius 1 is 1.07 bits per heavy atom. The van der Waals surface area contributed by atoms with Crippen molar-refractivity contribution in [2.45, 2.75) is 0 Å². The second-order valence-corrected chi connectivity index (χ2v) is 6.17. The van der Waals surface area contributed by atoms with E-state index in [0.717, 1.165) is 5.56 Å². The van der Waals surface area contributed by atoms with Crippen molar-refractivity contribution in [3.8, 4) is 28.5 Å². The first-order valence-electron chi connectivity index (χ1n) is 8.33. The molecular weight excluding hydrogens is 350 g/mol. The zero-order valence-corrected chi connectivity index (χ0v) is 16.0. The number of aromatic nitrogens is 2. The zero-order chi connectivity index (χ0) is 19.6. The lowest BCUT2D eigenvalue weighted by Gasteiger charge is -2.18. The molecule has 0 aliphatic carbocycles. The number of methoxy groups -OCH3 is 3. The summed E-state index contributed by atoms with van der Waals surface area (Å²) in [5.41, 5.74) is 1.31. The summed E-state index contributed by atoms with van der Waals surface area (Å²) in [7, 11) is 8.53. The second-order valence-electron chi connectivity index (χ2n) is 6.17. The maximum Gasteiger partial charge on any atom is 0.351 e. The van der Waals surface area contributed by atoms with E-state index in [4.69, 9.17) is 14.2 Å². The van der Waals surface area contributed by atoms with Crippen molar-refractivity contribution in [2.24, 2.45) is 0 Å². The summed E-state index contributed by atoms with van der Waals surface area (Å²) in [6, 6.07) is 3.22. The standard InChI is InChI=1S/C18H22N5O4/c1-22(2)6-7-23-17-16(21-18(23)24)19-10-12(20-17)11-8-13(25-3)15(27-5)14(9-11)26-4/h8-10H,6-7H2,1-5H3. The van der Waals surface area contributed by atoms with Gasteiger partial charge in [0.2, 0.25) is 11.6 Å². The minimum Gasteiger partial charge on any atom is -0.493 e. The minimum atomic E-state index is -0.353. The van der Waals surface area contributed by atoms with Gasteiger partial charge in [0.1, 0.15) is 0 Å². The van der Waals surface area contributed by atoms with Gasteiger partial charge in [-0.2, -0.15) is 5.32 Å². The van der Waals surface area contributed by atoms with E-state index in [1.54, 1.807) is 39.7 Å². The van der Waals surface area contributed by atoms with Crippen LogP contribution in [0.4, 0.5) is 16.4 Å². The molecule has 143 valence electrons. The van der Waals surface area contributed by atoms with Gasteiger partial charge in [-0.25, -0.2) is 14.8 Å². The first-order valence-corrected chi connectivity index (χ1v) is 8.33. The molecule has 1 aliphatic rings. The van der Waals surface area contributed by atoms with Crippen LogP contribution in [-0.2, 0) is 0 Å². The highest BCUT2D eigenvalue weighted by atomic mass is 16.5. The number of carbonyl (C=O) groups is 1. The molecule has 1 radical (unpaired) electrons. The van der Waals surface area contributed by atoms with Gasteiger partial charge in [-0.1, -0.05) is 0 Å². The van der Waals surface area contributed by atoms with Crippen molar-refractivity contribution >= 4 is 17.7 Å². The fourth-order valence-corrected chi connectivity index (χ4v) is 2.74. The largest absolute Gasteiger partial charge is 0.493 e. The minimum absolute atomic E-state index is 0.329. The molecule has 9 nitrogen and oxygen atoms in total. The molecule has 9 heteroatoms. The zero-order valence-electron chi connectivity index (χ0n) is 16.0. The van der Waals surface area contributed by atoms with Gasteiger partial charge in [-0.15, -0.1) is 0 Å². The summed E-state index contributed by atoms with van der Waals surface area (Å²) in [6.07, 6.45) is 1.58. The van der Waals surface area contributed by atoms with Crippen LogP contribution in [0.2, 0.25) is 0 Å². The normalized spacial score (nSPS) is 12.8. The van der Waals surface area contributed by atoms with E-state index >= 15 is 0 Å². The Labute approximate surface area is 157 Å². The average molecular weight is 372 g/mol. The number of fused-ring (bicyclic) bond motifs is 1. The Morgan fingerprint density at radius 3 is 2.30 bits per heavy atom. The summed E-state index contributed by atoms with van der Waals surface area (Å²) in [4.78, 5) is 24.6. The number of likely N-dealkylation sites (N-methyl/N-ethyl adjacent to an activating group) is 1. The number of anilines is 1. The van der Waals surface area contributed by atoms with Crippen LogP contribution >= 0.6 is 0 Å². The van der Waals surface area contributed by atoms with Crippen LogP contribution in [-0.4, -0.2) is 69.4 Å². The molecule has 3 rings (SSSR count). The van der Waals surface area contributed by atoms with E-state index in [1.807, 2.05) is 19.0 Å². The highest BCUT2D eigenvalue weighted by molar-refractivity contribution is 6.02. The monoisotopic (exact) mass is 372 g/mol. The van der Waals surface area contributed by atoms with Crippen LogP contribution in [0.25, 0.3) is 11.3 Å². The summed E-state index contributed by atoms with van der Waals surface area (Å²) < 4.78 is 16.1. The molecule has 0 N–H and O–H groups in total. The Bertz CT molecular complexity index is 831. The molecule has 1 aliphatic heterocycles. The first-order chi connectivity index (χ1) is 13.0. The summed E-state index contributed by atoms with van der Waals surface area (Å²) in [6.45, 7) is 1.17. The number of hydrogen-bond acceptors (Lipinski definition) is 7. The molecule has 27 heavy (non-hydrogen) atoms. The fourth-order valence-electron chi connectivity index (χ4n) is 2.74. The van der Waals surface area contributed by atoms with E-state index in [-0.39, 0.29) is 6.03 Å². The smallest absolute Gasteiger partial charge is 0.351 e. The lowest BCUT2D eigenvalue weighted by molar-refractivity contribution is 0.250. The Kier molecular flexibility index (Phi) is 5.31. The maximum atomic E-state index is 12.2. The summed E-state index contributed by atoms with van der Waals surface area (Å²) in [5.74, 6) is 2.30. The number of benzene rings is 1. The molecule has 0 saturated heterocycles. The van der Waals surface area contributed by atoms with Gasteiger partial charge in [0.05, 0.1) is 33.2 Å². The van der Waals surface area contributed by atoms with Crippen molar-refractivity contribution in [1.82, 2.24) is 20.2 Å². The molecule has 1 aromatic carbocycles. The SMILES string of the molecule is COc1cc(-c2cnc3c(n2)N(CCN(C)C)C(=O)[N]3)cc(OC)c1OC. The predicted molar refractivity (Wildman–Crippen MR) is 100 cm³/mol. The van der Waals surface area contributed by atoms with Gasteiger partial charge in [0, 0.05) is 18.7 Å². The van der Waals surface area contributed by atoms with E-state index < -0.39 is 0 Å². The molecule has 0 bridgehead atoms. The number of rotatable bonds is 7. The van der Waals surface area contributed by atoms with Crippen molar-refractivity contribution in [2.75, 3.05) is 53.4 Å². The highest BCUT2D eigenvalue weighted by Crippen LogP contribution is 2.41. The van der Waals surface area contributed by atoms with Crippen molar-refractivity contribution in [3.63, 3.8) is 0 Å². The molecule has 0 spiro atoms. The molecule has 0 saturated carbocycles. The van der Waals surface area contributed by atoms with Crippen LogP contribution in [0, 0.1) is 0 Å². The number of ether oxygens (including phenoxy) is 3. The van der Waals surface area contributed by atoms with Crippen LogP contribution in [0.5, 0.6) is 17.2 Å². The molecule has 0 atom stereocenters. The molecule has 0 unspecified atom stereocenters. The highest BCUT2D eigenvalue weighted by Gasteiger charge is 2.32. The Balaban J connectivity index is 2.01. The van der Waals surface area contributed by atoms with Crippen LogP contribution < -0.4 is 24.4 Å². The maximum absolute atomic E-state index is 12.2. The van der Waals surface area contributed by atoms with Crippen molar-refractivity contribution in [1.29, 1.82) is 0 Å². The van der Waals surface area contributed by atoms with E-state index in [1.165, 1.54) is 4.90 Å². The van der Waals surface area contributed by atoms with Gasteiger partial charge in [0.25, 0.3) is 0 Å². The number of carbonyl (C=O) groups excluding carboxylic acids is 1. The summed E-state index contributed by atoms with van der Waals surface area (Å²) >= 11 is 0. The number of hydrogen-bond donors (Lipinski definition) is 0. The number of nitrogens with zero attached hydrogens (tertiary/aromatic N) is 5. The Morgan fingerprint density at radius 2 is 1.74 bits per heavy atom.